The molecule has 0 radical (unpaired) electrons. The third kappa shape index (κ3) is 4.86. The van der Waals surface area contributed by atoms with Crippen LogP contribution in [0.3, 0.4) is 0 Å². The Hall–Kier alpha value is -1.95. The Morgan fingerprint density at radius 1 is 1.19 bits per heavy atom. The molecule has 0 N–H and O–H groups in total. The first-order valence-corrected chi connectivity index (χ1v) is 9.81. The van der Waals surface area contributed by atoms with E-state index < -0.39 is 5.60 Å². The Balaban J connectivity index is 1.76. The first-order valence-electron chi connectivity index (χ1n) is 9.81. The molecule has 1 atom stereocenters. The number of rotatable bonds is 3. The third-order valence-electron chi connectivity index (χ3n) is 5.07. The van der Waals surface area contributed by atoms with Gasteiger partial charge in [-0.2, -0.15) is 0 Å². The van der Waals surface area contributed by atoms with Crippen molar-refractivity contribution in [3.05, 3.63) is 23.3 Å². The molecular formula is C21H32N2O4. The molecular weight excluding hydrogens is 344 g/mol. The van der Waals surface area contributed by atoms with Crippen molar-refractivity contribution in [1.82, 2.24) is 4.90 Å². The van der Waals surface area contributed by atoms with Crippen molar-refractivity contribution in [2.45, 2.75) is 52.2 Å². The van der Waals surface area contributed by atoms with Crippen molar-refractivity contribution in [2.75, 3.05) is 44.8 Å². The van der Waals surface area contributed by atoms with Crippen LogP contribution in [0.25, 0.3) is 0 Å². The molecule has 3 rings (SSSR count). The van der Waals surface area contributed by atoms with E-state index in [1.807, 2.05) is 25.7 Å². The number of methoxy groups -OCH3 is 1. The van der Waals surface area contributed by atoms with Gasteiger partial charge in [0.15, 0.2) is 0 Å². The van der Waals surface area contributed by atoms with Gasteiger partial charge in [-0.15, -0.1) is 0 Å². The average molecular weight is 376 g/mol. The van der Waals surface area contributed by atoms with Crippen LogP contribution in [0.4, 0.5) is 10.5 Å². The average Bonchev–Trinajstić information content (AvgIpc) is 2.81. The van der Waals surface area contributed by atoms with E-state index in [1.54, 1.807) is 7.11 Å². The third-order valence-corrected chi connectivity index (χ3v) is 5.07. The van der Waals surface area contributed by atoms with Gasteiger partial charge in [-0.3, -0.25) is 0 Å². The molecule has 0 saturated carbocycles. The number of carbonyl (C=O) groups is 1. The van der Waals surface area contributed by atoms with E-state index in [0.29, 0.717) is 19.7 Å². The van der Waals surface area contributed by atoms with Crippen LogP contribution in [-0.2, 0) is 22.3 Å². The molecule has 1 aromatic carbocycles. The highest BCUT2D eigenvalue weighted by molar-refractivity contribution is 5.69. The SMILES string of the molecule is CO[C@H](C)CN1CCOc2cc3c(cc21)CCN(C(=O)OC(C)(C)C)CC3. The maximum Gasteiger partial charge on any atom is 0.410 e. The summed E-state index contributed by atoms with van der Waals surface area (Å²) in [5.74, 6) is 0.939. The van der Waals surface area contributed by atoms with Crippen LogP contribution in [0.2, 0.25) is 0 Å². The Morgan fingerprint density at radius 2 is 1.85 bits per heavy atom. The summed E-state index contributed by atoms with van der Waals surface area (Å²) in [5, 5.41) is 0. The van der Waals surface area contributed by atoms with Crippen molar-refractivity contribution in [1.29, 1.82) is 0 Å². The van der Waals surface area contributed by atoms with Crippen LogP contribution in [0.1, 0.15) is 38.8 Å². The Labute approximate surface area is 162 Å². The zero-order chi connectivity index (χ0) is 19.6. The highest BCUT2D eigenvalue weighted by Crippen LogP contribution is 2.36. The highest BCUT2D eigenvalue weighted by atomic mass is 16.6. The Morgan fingerprint density at radius 3 is 2.48 bits per heavy atom. The smallest absolute Gasteiger partial charge is 0.410 e. The topological polar surface area (TPSA) is 51.2 Å². The molecule has 2 heterocycles. The Bertz CT molecular complexity index is 683. The molecule has 0 spiro atoms. The van der Waals surface area contributed by atoms with Gasteiger partial charge in [0.25, 0.3) is 0 Å². The van der Waals surface area contributed by atoms with E-state index in [2.05, 4.69) is 24.0 Å². The number of nitrogens with zero attached hydrogens (tertiary/aromatic N) is 2. The molecule has 6 heteroatoms. The molecule has 2 aliphatic heterocycles. The zero-order valence-electron chi connectivity index (χ0n) is 17.2. The Kier molecular flexibility index (Phi) is 5.84. The van der Waals surface area contributed by atoms with Crippen LogP contribution < -0.4 is 9.64 Å². The van der Waals surface area contributed by atoms with Gasteiger partial charge in [0, 0.05) is 26.7 Å². The summed E-state index contributed by atoms with van der Waals surface area (Å²) in [6.07, 6.45) is 1.58. The molecule has 0 bridgehead atoms. The first kappa shape index (κ1) is 19.8. The fourth-order valence-corrected chi connectivity index (χ4v) is 3.57. The molecule has 6 nitrogen and oxygen atoms in total. The number of fused-ring (bicyclic) bond motifs is 2. The van der Waals surface area contributed by atoms with E-state index in [4.69, 9.17) is 14.2 Å². The lowest BCUT2D eigenvalue weighted by molar-refractivity contribution is 0.0258. The van der Waals surface area contributed by atoms with E-state index in [1.165, 1.54) is 11.1 Å². The van der Waals surface area contributed by atoms with Gasteiger partial charge >= 0.3 is 6.09 Å². The van der Waals surface area contributed by atoms with Gasteiger partial charge in [0.1, 0.15) is 18.0 Å². The summed E-state index contributed by atoms with van der Waals surface area (Å²) in [6, 6.07) is 4.40. The number of hydrogen-bond acceptors (Lipinski definition) is 5. The van der Waals surface area contributed by atoms with Gasteiger partial charge < -0.3 is 24.0 Å². The summed E-state index contributed by atoms with van der Waals surface area (Å²) in [4.78, 5) is 16.6. The number of anilines is 1. The molecule has 1 amide bonds. The molecule has 0 saturated heterocycles. The van der Waals surface area contributed by atoms with Crippen molar-refractivity contribution < 1.29 is 19.0 Å². The van der Waals surface area contributed by atoms with Gasteiger partial charge in [-0.1, -0.05) is 0 Å². The molecule has 2 aliphatic rings. The molecule has 150 valence electrons. The van der Waals surface area contributed by atoms with Crippen LogP contribution >= 0.6 is 0 Å². The van der Waals surface area contributed by atoms with Crippen LogP contribution in [0, 0.1) is 0 Å². The van der Waals surface area contributed by atoms with Crippen molar-refractivity contribution >= 4 is 11.8 Å². The largest absolute Gasteiger partial charge is 0.490 e. The lowest BCUT2D eigenvalue weighted by atomic mass is 10.0. The second-order valence-electron chi connectivity index (χ2n) is 8.40. The molecule has 0 aromatic heterocycles. The van der Waals surface area contributed by atoms with Crippen LogP contribution in [0.5, 0.6) is 5.75 Å². The maximum absolute atomic E-state index is 12.4. The van der Waals surface area contributed by atoms with E-state index >= 15 is 0 Å². The van der Waals surface area contributed by atoms with Gasteiger partial charge in [0.05, 0.1) is 18.3 Å². The number of amides is 1. The van der Waals surface area contributed by atoms with Gasteiger partial charge in [0.2, 0.25) is 0 Å². The minimum atomic E-state index is -0.471. The fourth-order valence-electron chi connectivity index (χ4n) is 3.57. The second kappa shape index (κ2) is 7.97. The number of benzene rings is 1. The fraction of sp³-hybridized carbons (Fsp3) is 0.667. The van der Waals surface area contributed by atoms with Crippen molar-refractivity contribution in [3.63, 3.8) is 0 Å². The van der Waals surface area contributed by atoms with Gasteiger partial charge in [-0.05, 0) is 63.8 Å². The summed E-state index contributed by atoms with van der Waals surface area (Å²) in [7, 11) is 1.74. The highest BCUT2D eigenvalue weighted by Gasteiger charge is 2.27. The lowest BCUT2D eigenvalue weighted by Gasteiger charge is -2.33. The molecule has 0 fully saturated rings. The summed E-state index contributed by atoms with van der Waals surface area (Å²) in [5.41, 5.74) is 3.22. The minimum Gasteiger partial charge on any atom is -0.490 e. The predicted octanol–water partition coefficient (Wildman–Crippen LogP) is 3.26. The maximum atomic E-state index is 12.4. The van der Waals surface area contributed by atoms with Gasteiger partial charge in [-0.25, -0.2) is 4.79 Å². The second-order valence-corrected chi connectivity index (χ2v) is 8.40. The monoisotopic (exact) mass is 376 g/mol. The number of hydrogen-bond donors (Lipinski definition) is 0. The summed E-state index contributed by atoms with van der Waals surface area (Å²) in [6.45, 7) is 11.5. The van der Waals surface area contributed by atoms with Crippen molar-refractivity contribution in [2.24, 2.45) is 0 Å². The summed E-state index contributed by atoms with van der Waals surface area (Å²) < 4.78 is 16.9. The predicted molar refractivity (Wildman–Crippen MR) is 106 cm³/mol. The molecule has 0 aliphatic carbocycles. The van der Waals surface area contributed by atoms with E-state index in [9.17, 15) is 4.79 Å². The number of ether oxygens (including phenoxy) is 3. The van der Waals surface area contributed by atoms with Crippen LogP contribution in [-0.4, -0.2) is 62.6 Å². The summed E-state index contributed by atoms with van der Waals surface area (Å²) >= 11 is 0. The van der Waals surface area contributed by atoms with Crippen molar-refractivity contribution in [3.8, 4) is 5.75 Å². The van der Waals surface area contributed by atoms with Crippen LogP contribution in [0.15, 0.2) is 12.1 Å². The number of carbonyl (C=O) groups excluding carboxylic acids is 1. The zero-order valence-corrected chi connectivity index (χ0v) is 17.2. The quantitative estimate of drug-likeness (QED) is 0.810. The molecule has 1 aromatic rings. The van der Waals surface area contributed by atoms with E-state index in [-0.39, 0.29) is 12.2 Å². The lowest BCUT2D eigenvalue weighted by Crippen LogP contribution is -2.38. The molecule has 27 heavy (non-hydrogen) atoms. The minimum absolute atomic E-state index is 0.164. The normalized spacial score (nSPS) is 18.1. The standard InChI is InChI=1S/C21H32N2O4/c1-15(25-5)14-23-10-11-26-19-13-17-7-9-22(20(24)27-21(2,3)4)8-6-16(17)12-18(19)23/h12-13,15H,6-11,14H2,1-5H3/t15-/m1/s1. The molecule has 0 unspecified atom stereocenters. The first-order chi connectivity index (χ1) is 12.8. The van der Waals surface area contributed by atoms with E-state index in [0.717, 1.165) is 37.4 Å².